The van der Waals surface area contributed by atoms with E-state index in [9.17, 15) is 14.0 Å². The van der Waals surface area contributed by atoms with Crippen LogP contribution in [0.1, 0.15) is 38.2 Å². The molecule has 114 valence electrons. The number of amides is 1. The molecule has 0 spiro atoms. The first kappa shape index (κ1) is 15.5. The SMILES string of the molecule is CC(CNC(=O)C1(c2cccc(F)c2)CCCC1)C(=O)O. The quantitative estimate of drug-likeness (QED) is 0.876. The van der Waals surface area contributed by atoms with Crippen LogP contribution in [0.15, 0.2) is 24.3 Å². The summed E-state index contributed by atoms with van der Waals surface area (Å²) in [6.45, 7) is 1.64. The van der Waals surface area contributed by atoms with Gasteiger partial charge in [0.25, 0.3) is 0 Å². The van der Waals surface area contributed by atoms with E-state index < -0.39 is 17.3 Å². The van der Waals surface area contributed by atoms with E-state index >= 15 is 0 Å². The lowest BCUT2D eigenvalue weighted by atomic mass is 9.78. The van der Waals surface area contributed by atoms with Gasteiger partial charge in [0.2, 0.25) is 5.91 Å². The Morgan fingerprint density at radius 2 is 2.05 bits per heavy atom. The number of halogens is 1. The Morgan fingerprint density at radius 1 is 1.38 bits per heavy atom. The molecule has 1 aromatic carbocycles. The van der Waals surface area contributed by atoms with Crippen LogP contribution in [0, 0.1) is 11.7 Å². The van der Waals surface area contributed by atoms with E-state index in [1.807, 2.05) is 0 Å². The topological polar surface area (TPSA) is 66.4 Å². The number of aliphatic carboxylic acids is 1. The molecule has 2 rings (SSSR count). The van der Waals surface area contributed by atoms with Gasteiger partial charge in [0, 0.05) is 6.54 Å². The molecule has 0 aliphatic heterocycles. The summed E-state index contributed by atoms with van der Waals surface area (Å²) in [4.78, 5) is 23.4. The second-order valence-electron chi connectivity index (χ2n) is 5.75. The van der Waals surface area contributed by atoms with Crippen molar-refractivity contribution in [3.8, 4) is 0 Å². The fourth-order valence-electron chi connectivity index (χ4n) is 2.91. The number of hydrogen-bond acceptors (Lipinski definition) is 2. The van der Waals surface area contributed by atoms with Crippen molar-refractivity contribution < 1.29 is 19.1 Å². The van der Waals surface area contributed by atoms with Crippen LogP contribution in [0.2, 0.25) is 0 Å². The molecule has 1 saturated carbocycles. The Balaban J connectivity index is 2.18. The minimum atomic E-state index is -0.943. The number of carbonyl (C=O) groups is 2. The lowest BCUT2D eigenvalue weighted by Crippen LogP contribution is -2.44. The molecule has 4 nitrogen and oxygen atoms in total. The van der Waals surface area contributed by atoms with E-state index in [0.29, 0.717) is 18.4 Å². The van der Waals surface area contributed by atoms with Crippen LogP contribution in [0.4, 0.5) is 4.39 Å². The van der Waals surface area contributed by atoms with Crippen LogP contribution in [0.5, 0.6) is 0 Å². The lowest BCUT2D eigenvalue weighted by Gasteiger charge is -2.28. The third-order valence-electron chi connectivity index (χ3n) is 4.26. The van der Waals surface area contributed by atoms with Crippen molar-refractivity contribution in [1.29, 1.82) is 0 Å². The molecule has 5 heteroatoms. The molecule has 1 amide bonds. The summed E-state index contributed by atoms with van der Waals surface area (Å²) in [5, 5.41) is 11.6. The third-order valence-corrected chi connectivity index (χ3v) is 4.26. The average Bonchev–Trinajstić information content (AvgIpc) is 2.95. The molecule has 1 unspecified atom stereocenters. The Hall–Kier alpha value is -1.91. The summed E-state index contributed by atoms with van der Waals surface area (Å²) in [6.07, 6.45) is 3.17. The molecule has 1 aliphatic rings. The Labute approximate surface area is 123 Å². The van der Waals surface area contributed by atoms with Crippen molar-refractivity contribution in [3.63, 3.8) is 0 Å². The third kappa shape index (κ3) is 3.23. The van der Waals surface area contributed by atoms with Crippen LogP contribution in [-0.2, 0) is 15.0 Å². The summed E-state index contributed by atoms with van der Waals surface area (Å²) in [7, 11) is 0. The van der Waals surface area contributed by atoms with Crippen LogP contribution in [-0.4, -0.2) is 23.5 Å². The molecule has 1 atom stereocenters. The summed E-state index contributed by atoms with van der Waals surface area (Å²) >= 11 is 0. The zero-order chi connectivity index (χ0) is 15.5. The highest BCUT2D eigenvalue weighted by atomic mass is 19.1. The van der Waals surface area contributed by atoms with Crippen molar-refractivity contribution in [3.05, 3.63) is 35.6 Å². The highest BCUT2D eigenvalue weighted by Gasteiger charge is 2.42. The number of hydrogen-bond donors (Lipinski definition) is 2. The van der Waals surface area contributed by atoms with Crippen molar-refractivity contribution >= 4 is 11.9 Å². The first-order valence-electron chi connectivity index (χ1n) is 7.23. The van der Waals surface area contributed by atoms with Gasteiger partial charge in [-0.1, -0.05) is 31.9 Å². The van der Waals surface area contributed by atoms with Gasteiger partial charge in [-0.05, 0) is 30.5 Å². The van der Waals surface area contributed by atoms with Crippen molar-refractivity contribution in [2.45, 2.75) is 38.0 Å². The van der Waals surface area contributed by atoms with Crippen molar-refractivity contribution in [2.75, 3.05) is 6.54 Å². The van der Waals surface area contributed by atoms with Gasteiger partial charge >= 0.3 is 5.97 Å². The smallest absolute Gasteiger partial charge is 0.308 e. The van der Waals surface area contributed by atoms with Gasteiger partial charge in [0.15, 0.2) is 0 Å². The van der Waals surface area contributed by atoms with Gasteiger partial charge in [-0.15, -0.1) is 0 Å². The predicted octanol–water partition coefficient (Wildman–Crippen LogP) is 2.47. The van der Waals surface area contributed by atoms with E-state index in [1.54, 1.807) is 19.1 Å². The van der Waals surface area contributed by atoms with E-state index in [1.165, 1.54) is 12.1 Å². The second kappa shape index (κ2) is 6.24. The number of carboxylic acid groups (broad SMARTS) is 1. The van der Waals surface area contributed by atoms with Gasteiger partial charge in [-0.3, -0.25) is 9.59 Å². The number of rotatable bonds is 5. The molecule has 0 bridgehead atoms. The maximum Gasteiger partial charge on any atom is 0.308 e. The molecule has 1 aromatic rings. The van der Waals surface area contributed by atoms with E-state index in [2.05, 4.69) is 5.32 Å². The molecular formula is C16H20FNO3. The van der Waals surface area contributed by atoms with Crippen LogP contribution < -0.4 is 5.32 Å². The molecule has 2 N–H and O–H groups in total. The summed E-state index contributed by atoms with van der Waals surface area (Å²) in [5.41, 5.74) is -0.0409. The Morgan fingerprint density at radius 3 is 2.62 bits per heavy atom. The Kier molecular flexibility index (Phi) is 4.60. The van der Waals surface area contributed by atoms with Gasteiger partial charge in [-0.25, -0.2) is 4.39 Å². The highest BCUT2D eigenvalue weighted by Crippen LogP contribution is 2.41. The minimum absolute atomic E-state index is 0.0885. The molecule has 1 fully saturated rings. The molecule has 21 heavy (non-hydrogen) atoms. The molecule has 0 aromatic heterocycles. The summed E-state index contributed by atoms with van der Waals surface area (Å²) in [6, 6.07) is 6.15. The first-order chi connectivity index (χ1) is 9.95. The number of carboxylic acids is 1. The van der Waals surface area contributed by atoms with Gasteiger partial charge in [-0.2, -0.15) is 0 Å². The molecule has 0 saturated heterocycles. The maximum atomic E-state index is 13.5. The predicted molar refractivity (Wildman–Crippen MR) is 76.4 cm³/mol. The summed E-state index contributed by atoms with van der Waals surface area (Å²) < 4.78 is 13.5. The number of nitrogens with one attached hydrogen (secondary N) is 1. The van der Waals surface area contributed by atoms with Crippen LogP contribution in [0.25, 0.3) is 0 Å². The van der Waals surface area contributed by atoms with Crippen LogP contribution >= 0.6 is 0 Å². The zero-order valence-electron chi connectivity index (χ0n) is 12.1. The second-order valence-corrected chi connectivity index (χ2v) is 5.75. The number of benzene rings is 1. The van der Waals surface area contributed by atoms with Crippen molar-refractivity contribution in [2.24, 2.45) is 5.92 Å². The Bertz CT molecular complexity index is 538. The normalized spacial score (nSPS) is 18.2. The monoisotopic (exact) mass is 293 g/mol. The van der Waals surface area contributed by atoms with E-state index in [0.717, 1.165) is 12.8 Å². The molecule has 1 aliphatic carbocycles. The molecule has 0 radical (unpaired) electrons. The van der Waals surface area contributed by atoms with E-state index in [-0.39, 0.29) is 18.3 Å². The first-order valence-corrected chi connectivity index (χ1v) is 7.23. The molecule has 0 heterocycles. The fraction of sp³-hybridized carbons (Fsp3) is 0.500. The lowest BCUT2D eigenvalue weighted by molar-refractivity contribution is -0.141. The van der Waals surface area contributed by atoms with Crippen molar-refractivity contribution in [1.82, 2.24) is 5.32 Å². The molecular weight excluding hydrogens is 273 g/mol. The highest BCUT2D eigenvalue weighted by molar-refractivity contribution is 5.89. The maximum absolute atomic E-state index is 13.5. The number of carbonyl (C=O) groups excluding carboxylic acids is 1. The summed E-state index contributed by atoms with van der Waals surface area (Å²) in [5.74, 6) is -2.13. The largest absolute Gasteiger partial charge is 0.481 e. The standard InChI is InChI=1S/C16H20FNO3/c1-11(14(19)20)10-18-15(21)16(7-2-3-8-16)12-5-4-6-13(17)9-12/h4-6,9,11H,2-3,7-8,10H2,1H3,(H,18,21)(H,19,20). The van der Waals surface area contributed by atoms with Crippen LogP contribution in [0.3, 0.4) is 0 Å². The minimum Gasteiger partial charge on any atom is -0.481 e. The van der Waals surface area contributed by atoms with Gasteiger partial charge in [0.05, 0.1) is 11.3 Å². The van der Waals surface area contributed by atoms with E-state index in [4.69, 9.17) is 5.11 Å². The van der Waals surface area contributed by atoms with Gasteiger partial charge < -0.3 is 10.4 Å². The van der Waals surface area contributed by atoms with Gasteiger partial charge in [0.1, 0.15) is 5.82 Å². The average molecular weight is 293 g/mol. The zero-order valence-corrected chi connectivity index (χ0v) is 12.1. The fourth-order valence-corrected chi connectivity index (χ4v) is 2.91.